The lowest BCUT2D eigenvalue weighted by Crippen LogP contribution is -2.15. The summed E-state index contributed by atoms with van der Waals surface area (Å²) in [6.45, 7) is 0.892. The number of oxime groups is 1. The van der Waals surface area contributed by atoms with Gasteiger partial charge in [0.2, 0.25) is 0 Å². The molecule has 0 amide bonds. The van der Waals surface area contributed by atoms with Crippen LogP contribution >= 0.6 is 0 Å². The van der Waals surface area contributed by atoms with Gasteiger partial charge in [-0.1, -0.05) is 5.16 Å². The van der Waals surface area contributed by atoms with E-state index in [1.54, 1.807) is 7.11 Å². The Morgan fingerprint density at radius 2 is 2.26 bits per heavy atom. The summed E-state index contributed by atoms with van der Waals surface area (Å²) in [5, 5.41) is 22.2. The molecule has 0 aliphatic heterocycles. The normalized spacial score (nSPS) is 11.3. The number of ether oxygens (including phenoxy) is 2. The van der Waals surface area contributed by atoms with Gasteiger partial charge in [0.15, 0.2) is 5.84 Å². The van der Waals surface area contributed by atoms with Crippen LogP contribution in [0.3, 0.4) is 0 Å². The van der Waals surface area contributed by atoms with Gasteiger partial charge in [0.1, 0.15) is 5.75 Å². The number of nitro benzene ring substituents is 1. The molecule has 1 aromatic rings. The third-order valence-electron chi connectivity index (χ3n) is 2.31. The van der Waals surface area contributed by atoms with Gasteiger partial charge in [0, 0.05) is 32.3 Å². The third kappa shape index (κ3) is 4.11. The van der Waals surface area contributed by atoms with E-state index in [-0.39, 0.29) is 17.1 Å². The quantitative estimate of drug-likeness (QED) is 0.191. The fourth-order valence-electron chi connectivity index (χ4n) is 1.40. The van der Waals surface area contributed by atoms with E-state index in [9.17, 15) is 10.1 Å². The van der Waals surface area contributed by atoms with Crippen molar-refractivity contribution in [2.75, 3.05) is 20.3 Å². The van der Waals surface area contributed by atoms with Crippen LogP contribution in [0.1, 0.15) is 12.0 Å². The number of amidine groups is 1. The van der Waals surface area contributed by atoms with Crippen molar-refractivity contribution in [2.45, 2.75) is 6.42 Å². The molecule has 0 spiro atoms. The fraction of sp³-hybridized carbons (Fsp3) is 0.364. The summed E-state index contributed by atoms with van der Waals surface area (Å²) in [7, 11) is 1.58. The Hall–Kier alpha value is -2.35. The molecule has 0 atom stereocenters. The number of methoxy groups -OCH3 is 1. The second-order valence-electron chi connectivity index (χ2n) is 3.62. The van der Waals surface area contributed by atoms with Crippen molar-refractivity contribution < 1.29 is 19.6 Å². The molecule has 0 saturated carbocycles. The van der Waals surface area contributed by atoms with Crippen LogP contribution in [-0.2, 0) is 4.74 Å². The second kappa shape index (κ2) is 7.17. The minimum atomic E-state index is -0.567. The van der Waals surface area contributed by atoms with E-state index in [1.807, 2.05) is 0 Å². The van der Waals surface area contributed by atoms with E-state index >= 15 is 0 Å². The molecule has 0 saturated heterocycles. The van der Waals surface area contributed by atoms with Crippen molar-refractivity contribution in [3.05, 3.63) is 33.9 Å². The fourth-order valence-corrected chi connectivity index (χ4v) is 1.40. The van der Waals surface area contributed by atoms with E-state index in [2.05, 4.69) is 5.16 Å². The van der Waals surface area contributed by atoms with Crippen molar-refractivity contribution in [2.24, 2.45) is 10.9 Å². The number of hydrogen-bond donors (Lipinski definition) is 2. The molecule has 8 heteroatoms. The average Bonchev–Trinajstić information content (AvgIpc) is 2.42. The molecule has 0 aliphatic rings. The van der Waals surface area contributed by atoms with Crippen LogP contribution < -0.4 is 10.5 Å². The SMILES string of the molecule is COCCCOc1ccc([N+](=O)[O-])cc1C(N)=NO. The van der Waals surface area contributed by atoms with Gasteiger partial charge in [-0.15, -0.1) is 0 Å². The Morgan fingerprint density at radius 3 is 2.84 bits per heavy atom. The number of non-ortho nitro benzene ring substituents is 1. The van der Waals surface area contributed by atoms with Crippen LogP contribution in [0, 0.1) is 10.1 Å². The van der Waals surface area contributed by atoms with Crippen LogP contribution in [0.25, 0.3) is 0 Å². The predicted molar refractivity (Wildman–Crippen MR) is 67.6 cm³/mol. The maximum absolute atomic E-state index is 10.7. The summed E-state index contributed by atoms with van der Waals surface area (Å²) >= 11 is 0. The Morgan fingerprint density at radius 1 is 1.53 bits per heavy atom. The van der Waals surface area contributed by atoms with Crippen LogP contribution in [0.2, 0.25) is 0 Å². The molecule has 3 N–H and O–H groups in total. The molecule has 0 bridgehead atoms. The molecule has 0 heterocycles. The Labute approximate surface area is 109 Å². The molecule has 1 rings (SSSR count). The summed E-state index contributed by atoms with van der Waals surface area (Å²) in [6.07, 6.45) is 0.656. The number of benzene rings is 1. The highest BCUT2D eigenvalue weighted by Gasteiger charge is 2.14. The van der Waals surface area contributed by atoms with E-state index in [0.29, 0.717) is 25.4 Å². The number of nitrogens with zero attached hydrogens (tertiary/aromatic N) is 2. The maximum atomic E-state index is 10.7. The molecule has 0 radical (unpaired) electrons. The summed E-state index contributed by atoms with van der Waals surface area (Å²) in [4.78, 5) is 10.1. The third-order valence-corrected chi connectivity index (χ3v) is 2.31. The monoisotopic (exact) mass is 269 g/mol. The minimum absolute atomic E-state index is 0.161. The number of hydrogen-bond acceptors (Lipinski definition) is 6. The highest BCUT2D eigenvalue weighted by Crippen LogP contribution is 2.24. The van der Waals surface area contributed by atoms with Gasteiger partial charge in [0.25, 0.3) is 5.69 Å². The van der Waals surface area contributed by atoms with E-state index < -0.39 is 4.92 Å². The van der Waals surface area contributed by atoms with Gasteiger partial charge in [-0.3, -0.25) is 10.1 Å². The van der Waals surface area contributed by atoms with Gasteiger partial charge < -0.3 is 20.4 Å². The lowest BCUT2D eigenvalue weighted by atomic mass is 10.1. The van der Waals surface area contributed by atoms with Crippen molar-refractivity contribution in [3.63, 3.8) is 0 Å². The molecule has 0 aliphatic carbocycles. The van der Waals surface area contributed by atoms with Gasteiger partial charge in [-0.2, -0.15) is 0 Å². The van der Waals surface area contributed by atoms with Crippen LogP contribution in [0.4, 0.5) is 5.69 Å². The summed E-state index contributed by atoms with van der Waals surface area (Å²) in [5.41, 5.74) is 5.48. The van der Waals surface area contributed by atoms with E-state index in [1.165, 1.54) is 18.2 Å². The molecule has 104 valence electrons. The number of nitrogens with two attached hydrogens (primary N) is 1. The first-order valence-corrected chi connectivity index (χ1v) is 5.48. The first kappa shape index (κ1) is 14.7. The highest BCUT2D eigenvalue weighted by molar-refractivity contribution is 6.00. The van der Waals surface area contributed by atoms with Gasteiger partial charge in [-0.05, 0) is 6.07 Å². The first-order chi connectivity index (χ1) is 9.10. The molecule has 0 aromatic heterocycles. The van der Waals surface area contributed by atoms with Gasteiger partial charge in [-0.25, -0.2) is 0 Å². The Balaban J connectivity index is 2.93. The van der Waals surface area contributed by atoms with E-state index in [0.717, 1.165) is 0 Å². The van der Waals surface area contributed by atoms with Gasteiger partial charge >= 0.3 is 0 Å². The van der Waals surface area contributed by atoms with Crippen LogP contribution in [0.5, 0.6) is 5.75 Å². The molecular weight excluding hydrogens is 254 g/mol. The average molecular weight is 269 g/mol. The lowest BCUT2D eigenvalue weighted by Gasteiger charge is -2.10. The van der Waals surface area contributed by atoms with Crippen molar-refractivity contribution in [3.8, 4) is 5.75 Å². The first-order valence-electron chi connectivity index (χ1n) is 5.48. The zero-order chi connectivity index (χ0) is 14.3. The summed E-state index contributed by atoms with van der Waals surface area (Å²) in [6, 6.07) is 3.90. The molecule has 0 fully saturated rings. The standard InChI is InChI=1S/C11H15N3O5/c1-18-5-2-6-19-10-4-3-8(14(16)17)7-9(10)11(12)13-15/h3-4,7,15H,2,5-6H2,1H3,(H2,12,13). The van der Waals surface area contributed by atoms with E-state index in [4.69, 9.17) is 20.4 Å². The Bertz CT molecular complexity index is 475. The highest BCUT2D eigenvalue weighted by atomic mass is 16.6. The lowest BCUT2D eigenvalue weighted by molar-refractivity contribution is -0.384. The molecule has 1 aromatic carbocycles. The zero-order valence-corrected chi connectivity index (χ0v) is 10.4. The number of nitro groups is 1. The van der Waals surface area contributed by atoms with Gasteiger partial charge in [0.05, 0.1) is 17.1 Å². The molecule has 0 unspecified atom stereocenters. The topological polar surface area (TPSA) is 120 Å². The zero-order valence-electron chi connectivity index (χ0n) is 10.4. The summed E-state index contributed by atoms with van der Waals surface area (Å²) in [5.74, 6) is 0.0717. The molecule has 19 heavy (non-hydrogen) atoms. The Kier molecular flexibility index (Phi) is 5.55. The maximum Gasteiger partial charge on any atom is 0.270 e. The second-order valence-corrected chi connectivity index (χ2v) is 3.62. The minimum Gasteiger partial charge on any atom is -0.493 e. The van der Waals surface area contributed by atoms with Crippen LogP contribution in [0.15, 0.2) is 23.4 Å². The molecular formula is C11H15N3O5. The molecule has 8 nitrogen and oxygen atoms in total. The predicted octanol–water partition coefficient (Wildman–Crippen LogP) is 1.10. The smallest absolute Gasteiger partial charge is 0.270 e. The number of rotatable bonds is 7. The van der Waals surface area contributed by atoms with Crippen molar-refractivity contribution >= 4 is 11.5 Å². The summed E-state index contributed by atoms with van der Waals surface area (Å²) < 4.78 is 10.3. The van der Waals surface area contributed by atoms with Crippen molar-refractivity contribution in [1.29, 1.82) is 0 Å². The largest absolute Gasteiger partial charge is 0.493 e. The van der Waals surface area contributed by atoms with Crippen molar-refractivity contribution in [1.82, 2.24) is 0 Å². The van der Waals surface area contributed by atoms with Crippen LogP contribution in [-0.4, -0.2) is 36.3 Å².